The maximum absolute atomic E-state index is 12.5. The second kappa shape index (κ2) is 15.2. The molecule has 3 rings (SSSR count). The summed E-state index contributed by atoms with van der Waals surface area (Å²) in [6, 6.07) is -1.55. The number of aliphatic hydroxyl groups excluding tert-OH is 10. The third-order valence-electron chi connectivity index (χ3n) is 7.73. The molecule has 3 saturated heterocycles. The standard InChI is InChI=1S/C23H38N4O19/c1-6(31)25-11-7(32)2-22(21(39)40,46-18(11)12(34)8(33)3-28)45-17-9(4-29)42-20(14(36)13(17)35)43-16-10(5-30)44-23(41,26-27-24)19(38)15(16)37/h7-20,28-30,32-38,41H,2-5H2,1H3,(H,25,31)(H,39,40)/t7-,8+,9+,10+,11+,12+,13+,14+,15-,16+,17-,18+,19+,20-,22+,23-/m0/s1. The molecule has 264 valence electrons. The second-order valence-electron chi connectivity index (χ2n) is 10.9. The van der Waals surface area contributed by atoms with Gasteiger partial charge in [0.15, 0.2) is 6.29 Å². The van der Waals surface area contributed by atoms with E-state index in [1.54, 1.807) is 0 Å². The minimum absolute atomic E-state index is 0.760. The third-order valence-corrected chi connectivity index (χ3v) is 7.73. The summed E-state index contributed by atoms with van der Waals surface area (Å²) < 4.78 is 26.8. The molecule has 13 N–H and O–H groups in total. The van der Waals surface area contributed by atoms with Crippen molar-refractivity contribution < 1.29 is 94.6 Å². The van der Waals surface area contributed by atoms with Gasteiger partial charge in [-0.25, -0.2) is 4.79 Å². The average Bonchev–Trinajstić information content (AvgIpc) is 3.00. The van der Waals surface area contributed by atoms with Gasteiger partial charge in [-0.3, -0.25) is 4.79 Å². The maximum atomic E-state index is 12.5. The number of amides is 1. The van der Waals surface area contributed by atoms with Crippen molar-refractivity contribution in [3.8, 4) is 0 Å². The van der Waals surface area contributed by atoms with Gasteiger partial charge in [-0.1, -0.05) is 0 Å². The predicted octanol–water partition coefficient (Wildman–Crippen LogP) is -7.59. The number of hydrogen-bond donors (Lipinski definition) is 13. The Morgan fingerprint density at radius 2 is 1.65 bits per heavy atom. The number of carbonyl (C=O) groups excluding carboxylic acids is 1. The van der Waals surface area contributed by atoms with Crippen LogP contribution in [0.15, 0.2) is 5.11 Å². The topological polar surface area (TPSA) is 384 Å². The lowest BCUT2D eigenvalue weighted by molar-refractivity contribution is -0.395. The number of ether oxygens (including phenoxy) is 5. The molecule has 3 aliphatic rings. The Morgan fingerprint density at radius 1 is 1.02 bits per heavy atom. The van der Waals surface area contributed by atoms with E-state index in [2.05, 4.69) is 15.3 Å². The summed E-state index contributed by atoms with van der Waals surface area (Å²) in [6.45, 7) is -2.14. The summed E-state index contributed by atoms with van der Waals surface area (Å²) in [5.41, 5.74) is 8.63. The van der Waals surface area contributed by atoms with Crippen molar-refractivity contribution in [2.75, 3.05) is 19.8 Å². The van der Waals surface area contributed by atoms with E-state index in [4.69, 9.17) is 29.2 Å². The van der Waals surface area contributed by atoms with E-state index in [9.17, 15) is 70.9 Å². The van der Waals surface area contributed by atoms with Crippen LogP contribution in [0.2, 0.25) is 0 Å². The lowest BCUT2D eigenvalue weighted by atomic mass is 9.88. The van der Waals surface area contributed by atoms with Gasteiger partial charge in [0.25, 0.3) is 11.7 Å². The number of aliphatic hydroxyl groups is 11. The van der Waals surface area contributed by atoms with Crippen LogP contribution in [-0.2, 0) is 33.3 Å². The SMILES string of the molecule is CC(=O)N[C@H]1[C@H]([C@H](O)[C@H](O)CO)O[C@@](O[C@@H]2[C@H](O)[C@@H](O)[C@H](O[C@H]3[C@H](O)[C@@H](O)[C@@](O)(N=[N+]=[N-])O[C@@H]3CO)O[C@@H]2CO)(C(=O)O)C[C@@H]1O. The van der Waals surface area contributed by atoms with E-state index in [0.717, 1.165) is 6.92 Å². The molecule has 0 aliphatic carbocycles. The first-order valence-electron chi connectivity index (χ1n) is 13.7. The highest BCUT2D eigenvalue weighted by atomic mass is 16.8. The summed E-state index contributed by atoms with van der Waals surface area (Å²) in [5.74, 6) is -8.80. The Morgan fingerprint density at radius 3 is 2.17 bits per heavy atom. The van der Waals surface area contributed by atoms with Crippen LogP contribution in [0.1, 0.15) is 13.3 Å². The fourth-order valence-electron chi connectivity index (χ4n) is 5.37. The molecular formula is C23H38N4O19. The van der Waals surface area contributed by atoms with Crippen LogP contribution in [0.4, 0.5) is 0 Å². The lowest BCUT2D eigenvalue weighted by Gasteiger charge is -2.50. The summed E-state index contributed by atoms with van der Waals surface area (Å²) >= 11 is 0. The van der Waals surface area contributed by atoms with Gasteiger partial charge in [0.1, 0.15) is 67.1 Å². The molecule has 0 aromatic carbocycles. The Hall–Kier alpha value is -2.39. The molecule has 0 bridgehead atoms. The van der Waals surface area contributed by atoms with Crippen LogP contribution < -0.4 is 5.32 Å². The molecule has 0 aromatic rings. The number of carboxylic acids is 1. The number of nitrogens with one attached hydrogen (secondary N) is 1. The fraction of sp³-hybridized carbons (Fsp3) is 0.913. The molecule has 3 heterocycles. The van der Waals surface area contributed by atoms with Crippen molar-refractivity contribution in [2.24, 2.45) is 5.11 Å². The summed E-state index contributed by atoms with van der Waals surface area (Å²) in [4.78, 5) is 26.5. The molecule has 1 amide bonds. The molecule has 0 aromatic heterocycles. The van der Waals surface area contributed by atoms with Crippen molar-refractivity contribution >= 4 is 11.9 Å². The van der Waals surface area contributed by atoms with Crippen LogP contribution in [0.5, 0.6) is 0 Å². The largest absolute Gasteiger partial charge is 0.477 e. The van der Waals surface area contributed by atoms with Gasteiger partial charge >= 0.3 is 5.97 Å². The first-order valence-corrected chi connectivity index (χ1v) is 13.7. The minimum atomic E-state index is -3.05. The van der Waals surface area contributed by atoms with Crippen molar-refractivity contribution in [1.82, 2.24) is 5.32 Å². The zero-order valence-corrected chi connectivity index (χ0v) is 24.0. The lowest BCUT2D eigenvalue weighted by Crippen LogP contribution is -2.71. The second-order valence-corrected chi connectivity index (χ2v) is 10.9. The molecule has 0 unspecified atom stereocenters. The Bertz CT molecular complexity index is 1110. The van der Waals surface area contributed by atoms with E-state index >= 15 is 0 Å². The zero-order chi connectivity index (χ0) is 34.7. The maximum Gasteiger partial charge on any atom is 0.364 e. The van der Waals surface area contributed by atoms with E-state index < -0.39 is 135 Å². The minimum Gasteiger partial charge on any atom is -0.477 e. The Kier molecular flexibility index (Phi) is 12.6. The summed E-state index contributed by atoms with van der Waals surface area (Å²) in [6.07, 6.45) is -27.4. The van der Waals surface area contributed by atoms with Crippen molar-refractivity contribution in [1.29, 1.82) is 0 Å². The molecule has 16 atom stereocenters. The quantitative estimate of drug-likeness (QED) is 0.0519. The zero-order valence-electron chi connectivity index (χ0n) is 24.0. The first-order chi connectivity index (χ1) is 21.5. The fourth-order valence-corrected chi connectivity index (χ4v) is 5.37. The Balaban J connectivity index is 1.88. The molecular weight excluding hydrogens is 636 g/mol. The van der Waals surface area contributed by atoms with E-state index in [0.29, 0.717) is 0 Å². The van der Waals surface area contributed by atoms with Gasteiger partial charge < -0.3 is 90.3 Å². The highest BCUT2D eigenvalue weighted by molar-refractivity contribution is 5.76. The van der Waals surface area contributed by atoms with Gasteiger partial charge in [0.2, 0.25) is 5.91 Å². The molecule has 46 heavy (non-hydrogen) atoms. The molecule has 23 nitrogen and oxygen atoms in total. The first kappa shape index (κ1) is 38.1. The number of carboxylic acid groups (broad SMARTS) is 1. The highest BCUT2D eigenvalue weighted by Gasteiger charge is 2.60. The summed E-state index contributed by atoms with van der Waals surface area (Å²) in [5, 5.41) is 128. The number of rotatable bonds is 12. The number of aliphatic carboxylic acids is 1. The normalized spacial score (nSPS) is 44.4. The van der Waals surface area contributed by atoms with Gasteiger partial charge in [-0.2, -0.15) is 0 Å². The molecule has 3 fully saturated rings. The van der Waals surface area contributed by atoms with E-state index in [1.807, 2.05) is 0 Å². The van der Waals surface area contributed by atoms with E-state index in [1.165, 1.54) is 0 Å². The van der Waals surface area contributed by atoms with Crippen LogP contribution in [0, 0.1) is 0 Å². The van der Waals surface area contributed by atoms with Crippen LogP contribution >= 0.6 is 0 Å². The smallest absolute Gasteiger partial charge is 0.364 e. The van der Waals surface area contributed by atoms with Crippen molar-refractivity contribution in [3.63, 3.8) is 0 Å². The van der Waals surface area contributed by atoms with Crippen molar-refractivity contribution in [2.45, 2.75) is 111 Å². The predicted molar refractivity (Wildman–Crippen MR) is 138 cm³/mol. The van der Waals surface area contributed by atoms with Gasteiger partial charge in [-0.05, 0) is 10.6 Å². The van der Waals surface area contributed by atoms with Gasteiger partial charge in [0, 0.05) is 18.3 Å². The Labute approximate surface area is 258 Å². The van der Waals surface area contributed by atoms with Gasteiger partial charge in [-0.15, -0.1) is 0 Å². The van der Waals surface area contributed by atoms with Crippen molar-refractivity contribution in [3.05, 3.63) is 10.4 Å². The van der Waals surface area contributed by atoms with Crippen LogP contribution in [-0.4, -0.2) is 190 Å². The monoisotopic (exact) mass is 674 g/mol. The molecule has 0 saturated carbocycles. The summed E-state index contributed by atoms with van der Waals surface area (Å²) in [7, 11) is 0. The van der Waals surface area contributed by atoms with Gasteiger partial charge in [0.05, 0.1) is 32.0 Å². The molecule has 3 aliphatic heterocycles. The number of hydrogen-bond acceptors (Lipinski definition) is 19. The third kappa shape index (κ3) is 7.51. The number of carbonyl (C=O) groups is 2. The number of azide groups is 1. The number of nitrogens with zero attached hydrogens (tertiary/aromatic N) is 3. The molecule has 0 radical (unpaired) electrons. The molecule has 23 heteroatoms. The average molecular weight is 675 g/mol. The molecule has 0 spiro atoms. The van der Waals surface area contributed by atoms with E-state index in [-0.39, 0.29) is 0 Å². The van der Waals surface area contributed by atoms with Crippen LogP contribution in [0.3, 0.4) is 0 Å². The highest BCUT2D eigenvalue weighted by Crippen LogP contribution is 2.38. The van der Waals surface area contributed by atoms with Crippen LogP contribution in [0.25, 0.3) is 10.4 Å².